The predicted octanol–water partition coefficient (Wildman–Crippen LogP) is 2.39. The van der Waals surface area contributed by atoms with Gasteiger partial charge in [-0.15, -0.1) is 0 Å². The molecule has 1 aliphatic rings. The van der Waals surface area contributed by atoms with Crippen LogP contribution in [0.2, 0.25) is 0 Å². The molecule has 1 unspecified atom stereocenters. The lowest BCUT2D eigenvalue weighted by atomic mass is 9.94. The van der Waals surface area contributed by atoms with E-state index in [2.05, 4.69) is 42.4 Å². The SMILES string of the molecule is CCC(CNC)c1ccc2c(c1)CCN2C. The van der Waals surface area contributed by atoms with Crippen LogP contribution >= 0.6 is 0 Å². The summed E-state index contributed by atoms with van der Waals surface area (Å²) < 4.78 is 0. The average molecular weight is 218 g/mol. The molecular formula is C14H22N2. The first-order valence-electron chi connectivity index (χ1n) is 6.24. The lowest BCUT2D eigenvalue weighted by molar-refractivity contribution is 0.611. The third-order valence-corrected chi connectivity index (χ3v) is 3.65. The van der Waals surface area contributed by atoms with Crippen LogP contribution in [0.15, 0.2) is 18.2 Å². The van der Waals surface area contributed by atoms with Crippen LogP contribution in [0.3, 0.4) is 0 Å². The van der Waals surface area contributed by atoms with Gasteiger partial charge in [-0.2, -0.15) is 0 Å². The number of likely N-dealkylation sites (N-methyl/N-ethyl adjacent to an activating group) is 2. The molecule has 0 fully saturated rings. The highest BCUT2D eigenvalue weighted by molar-refractivity contribution is 5.58. The highest BCUT2D eigenvalue weighted by Crippen LogP contribution is 2.30. The van der Waals surface area contributed by atoms with E-state index in [4.69, 9.17) is 0 Å². The van der Waals surface area contributed by atoms with Crippen molar-refractivity contribution in [3.8, 4) is 0 Å². The molecule has 0 bridgehead atoms. The van der Waals surface area contributed by atoms with Gasteiger partial charge in [0.1, 0.15) is 0 Å². The smallest absolute Gasteiger partial charge is 0.0397 e. The molecule has 16 heavy (non-hydrogen) atoms. The molecule has 0 aliphatic carbocycles. The minimum Gasteiger partial charge on any atom is -0.374 e. The molecule has 2 heteroatoms. The van der Waals surface area contributed by atoms with E-state index in [1.165, 1.54) is 36.2 Å². The number of nitrogens with zero attached hydrogens (tertiary/aromatic N) is 1. The van der Waals surface area contributed by atoms with Gasteiger partial charge in [0, 0.05) is 25.8 Å². The molecule has 0 aromatic heterocycles. The van der Waals surface area contributed by atoms with Gasteiger partial charge >= 0.3 is 0 Å². The maximum Gasteiger partial charge on any atom is 0.0397 e. The van der Waals surface area contributed by atoms with E-state index in [0.717, 1.165) is 6.54 Å². The van der Waals surface area contributed by atoms with Crippen LogP contribution in [0.4, 0.5) is 5.69 Å². The Hall–Kier alpha value is -1.02. The summed E-state index contributed by atoms with van der Waals surface area (Å²) in [6.45, 7) is 4.51. The van der Waals surface area contributed by atoms with E-state index in [1.54, 1.807) is 0 Å². The number of hydrogen-bond acceptors (Lipinski definition) is 2. The first kappa shape index (κ1) is 11.5. The Morgan fingerprint density at radius 1 is 1.44 bits per heavy atom. The second-order valence-electron chi connectivity index (χ2n) is 4.72. The molecule has 2 rings (SSSR count). The Bertz CT molecular complexity index is 360. The van der Waals surface area contributed by atoms with Crippen LogP contribution in [0, 0.1) is 0 Å². The second kappa shape index (κ2) is 4.88. The molecule has 0 spiro atoms. The normalized spacial score (nSPS) is 16.3. The van der Waals surface area contributed by atoms with Crippen molar-refractivity contribution in [1.29, 1.82) is 0 Å². The molecule has 1 aromatic rings. The van der Waals surface area contributed by atoms with Gasteiger partial charge in [-0.1, -0.05) is 19.1 Å². The topological polar surface area (TPSA) is 15.3 Å². The largest absolute Gasteiger partial charge is 0.374 e. The van der Waals surface area contributed by atoms with Crippen molar-refractivity contribution in [2.45, 2.75) is 25.7 Å². The summed E-state index contributed by atoms with van der Waals surface area (Å²) in [5.74, 6) is 0.654. The van der Waals surface area contributed by atoms with Crippen LogP contribution in [0.1, 0.15) is 30.4 Å². The van der Waals surface area contributed by atoms with Gasteiger partial charge in [0.05, 0.1) is 0 Å². The molecule has 0 amide bonds. The second-order valence-corrected chi connectivity index (χ2v) is 4.72. The van der Waals surface area contributed by atoms with E-state index in [-0.39, 0.29) is 0 Å². The van der Waals surface area contributed by atoms with Gasteiger partial charge in [-0.3, -0.25) is 0 Å². The first-order chi connectivity index (χ1) is 7.76. The van der Waals surface area contributed by atoms with Crippen molar-refractivity contribution in [2.75, 3.05) is 32.1 Å². The van der Waals surface area contributed by atoms with Gasteiger partial charge < -0.3 is 10.2 Å². The number of hydrogen-bond donors (Lipinski definition) is 1. The monoisotopic (exact) mass is 218 g/mol. The van der Waals surface area contributed by atoms with Crippen molar-refractivity contribution in [3.05, 3.63) is 29.3 Å². The molecule has 88 valence electrons. The minimum absolute atomic E-state index is 0.654. The van der Waals surface area contributed by atoms with Crippen molar-refractivity contribution in [2.24, 2.45) is 0 Å². The van der Waals surface area contributed by atoms with Gasteiger partial charge in [-0.25, -0.2) is 0 Å². The van der Waals surface area contributed by atoms with Crippen LogP contribution in [0.25, 0.3) is 0 Å². The Kier molecular flexibility index (Phi) is 3.49. The number of rotatable bonds is 4. The summed E-state index contributed by atoms with van der Waals surface area (Å²) >= 11 is 0. The quantitative estimate of drug-likeness (QED) is 0.835. The molecule has 0 radical (unpaired) electrons. The zero-order valence-electron chi connectivity index (χ0n) is 10.6. The molecule has 1 aromatic carbocycles. The van der Waals surface area contributed by atoms with Crippen molar-refractivity contribution in [3.63, 3.8) is 0 Å². The predicted molar refractivity (Wildman–Crippen MR) is 70.4 cm³/mol. The number of benzene rings is 1. The van der Waals surface area contributed by atoms with E-state index in [0.29, 0.717) is 5.92 Å². The standard InChI is InChI=1S/C14H22N2/c1-4-11(10-15-2)12-5-6-14-13(9-12)7-8-16(14)3/h5-6,9,11,15H,4,7-8,10H2,1-3H3. The molecule has 1 heterocycles. The fourth-order valence-corrected chi connectivity index (χ4v) is 2.58. The minimum atomic E-state index is 0.654. The van der Waals surface area contributed by atoms with E-state index >= 15 is 0 Å². The van der Waals surface area contributed by atoms with Crippen LogP contribution < -0.4 is 10.2 Å². The van der Waals surface area contributed by atoms with Crippen molar-refractivity contribution >= 4 is 5.69 Å². The van der Waals surface area contributed by atoms with Crippen LogP contribution in [-0.2, 0) is 6.42 Å². The third-order valence-electron chi connectivity index (χ3n) is 3.65. The molecule has 1 aliphatic heterocycles. The molecule has 1 N–H and O–H groups in total. The number of fused-ring (bicyclic) bond motifs is 1. The van der Waals surface area contributed by atoms with Gasteiger partial charge in [0.15, 0.2) is 0 Å². The van der Waals surface area contributed by atoms with E-state index in [9.17, 15) is 0 Å². The summed E-state index contributed by atoms with van der Waals surface area (Å²) in [5.41, 5.74) is 4.43. The Labute approximate surface area is 98.7 Å². The molecule has 1 atom stereocenters. The Morgan fingerprint density at radius 2 is 2.25 bits per heavy atom. The fraction of sp³-hybridized carbons (Fsp3) is 0.571. The van der Waals surface area contributed by atoms with Gasteiger partial charge in [-0.05, 0) is 43.0 Å². The summed E-state index contributed by atoms with van der Waals surface area (Å²) in [6.07, 6.45) is 2.41. The van der Waals surface area contributed by atoms with Crippen LogP contribution in [0.5, 0.6) is 0 Å². The number of anilines is 1. The van der Waals surface area contributed by atoms with E-state index in [1.807, 2.05) is 7.05 Å². The lowest BCUT2D eigenvalue weighted by Gasteiger charge is -2.17. The first-order valence-corrected chi connectivity index (χ1v) is 6.24. The van der Waals surface area contributed by atoms with E-state index < -0.39 is 0 Å². The maximum atomic E-state index is 3.28. The highest BCUT2D eigenvalue weighted by Gasteiger charge is 2.17. The summed E-state index contributed by atoms with van der Waals surface area (Å²) in [7, 11) is 4.21. The Balaban J connectivity index is 2.23. The maximum absolute atomic E-state index is 3.28. The van der Waals surface area contributed by atoms with Gasteiger partial charge in [0.2, 0.25) is 0 Å². The molecule has 0 saturated carbocycles. The molecule has 2 nitrogen and oxygen atoms in total. The fourth-order valence-electron chi connectivity index (χ4n) is 2.58. The van der Waals surface area contributed by atoms with Crippen molar-refractivity contribution < 1.29 is 0 Å². The molecular weight excluding hydrogens is 196 g/mol. The average Bonchev–Trinajstić information content (AvgIpc) is 2.67. The number of nitrogens with one attached hydrogen (secondary N) is 1. The summed E-state index contributed by atoms with van der Waals surface area (Å²) in [4.78, 5) is 2.35. The summed E-state index contributed by atoms with van der Waals surface area (Å²) in [6, 6.07) is 6.99. The summed E-state index contributed by atoms with van der Waals surface area (Å²) in [5, 5.41) is 3.28. The van der Waals surface area contributed by atoms with Crippen molar-refractivity contribution in [1.82, 2.24) is 5.32 Å². The highest BCUT2D eigenvalue weighted by atomic mass is 15.1. The molecule has 0 saturated heterocycles. The Morgan fingerprint density at radius 3 is 2.94 bits per heavy atom. The zero-order valence-corrected chi connectivity index (χ0v) is 10.6. The lowest BCUT2D eigenvalue weighted by Crippen LogP contribution is -2.16. The van der Waals surface area contributed by atoms with Crippen LogP contribution in [-0.4, -0.2) is 27.2 Å². The zero-order chi connectivity index (χ0) is 11.5. The van der Waals surface area contributed by atoms with Gasteiger partial charge in [0.25, 0.3) is 0 Å². The third kappa shape index (κ3) is 2.07.